The molecule has 3 nitrogen and oxygen atoms in total. The first kappa shape index (κ1) is 11.5. The van der Waals surface area contributed by atoms with Gasteiger partial charge in [-0.2, -0.15) is 0 Å². The van der Waals surface area contributed by atoms with Crippen LogP contribution in [0.1, 0.15) is 39.0 Å². The molecule has 1 aliphatic rings. The molecule has 82 valence electrons. The predicted molar refractivity (Wildman–Crippen MR) is 55.9 cm³/mol. The Morgan fingerprint density at radius 2 is 2.00 bits per heavy atom. The molecule has 0 spiro atoms. The summed E-state index contributed by atoms with van der Waals surface area (Å²) in [5.74, 6) is 0.848. The predicted octanol–water partition coefficient (Wildman–Crippen LogP) is 1.86. The van der Waals surface area contributed by atoms with Crippen molar-refractivity contribution in [1.29, 1.82) is 0 Å². The van der Waals surface area contributed by atoms with Crippen LogP contribution in [0.3, 0.4) is 0 Å². The smallest absolute Gasteiger partial charge is 0.303 e. The summed E-state index contributed by atoms with van der Waals surface area (Å²) in [7, 11) is 0. The van der Waals surface area contributed by atoms with E-state index in [0.29, 0.717) is 12.5 Å². The van der Waals surface area contributed by atoms with Crippen LogP contribution in [0.4, 0.5) is 0 Å². The fourth-order valence-corrected chi connectivity index (χ4v) is 2.42. The third-order valence-corrected chi connectivity index (χ3v) is 3.47. The van der Waals surface area contributed by atoms with Crippen LogP contribution in [0.25, 0.3) is 0 Å². The lowest BCUT2D eigenvalue weighted by molar-refractivity contribution is -0.138. The van der Waals surface area contributed by atoms with Crippen LogP contribution in [0.2, 0.25) is 0 Å². The van der Waals surface area contributed by atoms with E-state index in [-0.39, 0.29) is 12.3 Å². The van der Waals surface area contributed by atoms with Gasteiger partial charge in [0, 0.05) is 6.42 Å². The highest BCUT2D eigenvalue weighted by Gasteiger charge is 2.26. The molecule has 3 N–H and O–H groups in total. The van der Waals surface area contributed by atoms with E-state index in [2.05, 4.69) is 6.92 Å². The first-order valence-corrected chi connectivity index (χ1v) is 5.55. The fraction of sp³-hybridized carbons (Fsp3) is 0.909. The Labute approximate surface area is 85.7 Å². The Morgan fingerprint density at radius 3 is 2.43 bits per heavy atom. The zero-order valence-corrected chi connectivity index (χ0v) is 8.91. The summed E-state index contributed by atoms with van der Waals surface area (Å²) >= 11 is 0. The van der Waals surface area contributed by atoms with Gasteiger partial charge in [0.25, 0.3) is 0 Å². The highest BCUT2D eigenvalue weighted by molar-refractivity contribution is 5.67. The standard InChI is InChI=1S/C11H21NO2/c1-8-2-4-9(5-3-8)10(7-12)6-11(13)14/h8-10H,2-7,12H2,1H3,(H,13,14)/t8?,9?,10-/m1/s1. The molecule has 1 fully saturated rings. The zero-order chi connectivity index (χ0) is 10.6. The van der Waals surface area contributed by atoms with Gasteiger partial charge >= 0.3 is 5.97 Å². The van der Waals surface area contributed by atoms with Crippen LogP contribution < -0.4 is 5.73 Å². The molecule has 1 aliphatic carbocycles. The Morgan fingerprint density at radius 1 is 1.43 bits per heavy atom. The van der Waals surface area contributed by atoms with Gasteiger partial charge in [0.15, 0.2) is 0 Å². The molecule has 14 heavy (non-hydrogen) atoms. The van der Waals surface area contributed by atoms with Crippen molar-refractivity contribution < 1.29 is 9.90 Å². The normalized spacial score (nSPS) is 29.9. The maximum atomic E-state index is 10.6. The number of carbonyl (C=O) groups is 1. The van der Waals surface area contributed by atoms with Gasteiger partial charge in [0.2, 0.25) is 0 Å². The largest absolute Gasteiger partial charge is 0.481 e. The molecule has 0 aliphatic heterocycles. The summed E-state index contributed by atoms with van der Waals surface area (Å²) in [5, 5.41) is 8.74. The van der Waals surface area contributed by atoms with Gasteiger partial charge in [-0.25, -0.2) is 0 Å². The van der Waals surface area contributed by atoms with Gasteiger partial charge in [-0.3, -0.25) is 4.79 Å². The molecule has 0 aromatic rings. The maximum Gasteiger partial charge on any atom is 0.303 e. The van der Waals surface area contributed by atoms with Crippen LogP contribution in [-0.2, 0) is 4.79 Å². The summed E-state index contributed by atoms with van der Waals surface area (Å²) < 4.78 is 0. The van der Waals surface area contributed by atoms with E-state index in [1.54, 1.807) is 0 Å². The van der Waals surface area contributed by atoms with Gasteiger partial charge < -0.3 is 10.8 Å². The molecule has 0 unspecified atom stereocenters. The number of hydrogen-bond acceptors (Lipinski definition) is 2. The van der Waals surface area contributed by atoms with E-state index in [1.165, 1.54) is 12.8 Å². The van der Waals surface area contributed by atoms with Crippen molar-refractivity contribution in [2.75, 3.05) is 6.54 Å². The molecule has 3 heteroatoms. The number of nitrogens with two attached hydrogens (primary N) is 1. The summed E-state index contributed by atoms with van der Waals surface area (Å²) in [6, 6.07) is 0. The van der Waals surface area contributed by atoms with Crippen LogP contribution in [0.15, 0.2) is 0 Å². The molecule has 0 saturated heterocycles. The van der Waals surface area contributed by atoms with Crippen molar-refractivity contribution >= 4 is 5.97 Å². The minimum atomic E-state index is -0.709. The average Bonchev–Trinajstić information content (AvgIpc) is 2.15. The van der Waals surface area contributed by atoms with Crippen LogP contribution in [0, 0.1) is 17.8 Å². The Bertz CT molecular complexity index is 186. The van der Waals surface area contributed by atoms with Gasteiger partial charge in [0.05, 0.1) is 0 Å². The number of rotatable bonds is 4. The second-order valence-electron chi connectivity index (χ2n) is 4.61. The van der Waals surface area contributed by atoms with Gasteiger partial charge in [-0.05, 0) is 37.1 Å². The van der Waals surface area contributed by atoms with Gasteiger partial charge in [-0.15, -0.1) is 0 Å². The first-order valence-electron chi connectivity index (χ1n) is 5.55. The van der Waals surface area contributed by atoms with E-state index in [0.717, 1.165) is 18.8 Å². The van der Waals surface area contributed by atoms with Crippen molar-refractivity contribution in [3.05, 3.63) is 0 Å². The number of carboxylic acids is 1. The lowest BCUT2D eigenvalue weighted by Gasteiger charge is -2.31. The molecule has 0 heterocycles. The Hall–Kier alpha value is -0.570. The van der Waals surface area contributed by atoms with Crippen LogP contribution in [0.5, 0.6) is 0 Å². The molecular weight excluding hydrogens is 178 g/mol. The molecule has 1 atom stereocenters. The lowest BCUT2D eigenvalue weighted by atomic mass is 9.75. The van der Waals surface area contributed by atoms with Gasteiger partial charge in [0.1, 0.15) is 0 Å². The zero-order valence-electron chi connectivity index (χ0n) is 8.91. The second-order valence-corrected chi connectivity index (χ2v) is 4.61. The summed E-state index contributed by atoms with van der Waals surface area (Å²) in [6.45, 7) is 2.79. The number of hydrogen-bond donors (Lipinski definition) is 2. The van der Waals surface area contributed by atoms with Gasteiger partial charge in [-0.1, -0.05) is 19.8 Å². The van der Waals surface area contributed by atoms with Crippen molar-refractivity contribution in [3.63, 3.8) is 0 Å². The Kier molecular flexibility index (Phi) is 4.39. The summed E-state index contributed by atoms with van der Waals surface area (Å²) in [6.07, 6.45) is 5.05. The van der Waals surface area contributed by atoms with E-state index >= 15 is 0 Å². The summed E-state index contributed by atoms with van der Waals surface area (Å²) in [5.41, 5.74) is 5.62. The minimum absolute atomic E-state index is 0.194. The van der Waals surface area contributed by atoms with E-state index in [4.69, 9.17) is 10.8 Å². The highest BCUT2D eigenvalue weighted by Crippen LogP contribution is 2.34. The molecule has 1 rings (SSSR count). The first-order chi connectivity index (χ1) is 6.63. The number of carboxylic acid groups (broad SMARTS) is 1. The molecular formula is C11H21NO2. The summed E-state index contributed by atoms with van der Waals surface area (Å²) in [4.78, 5) is 10.6. The molecule has 0 radical (unpaired) electrons. The van der Waals surface area contributed by atoms with Crippen LogP contribution in [-0.4, -0.2) is 17.6 Å². The second kappa shape index (κ2) is 5.35. The third-order valence-electron chi connectivity index (χ3n) is 3.47. The molecule has 0 aromatic carbocycles. The van der Waals surface area contributed by atoms with E-state index in [1.807, 2.05) is 0 Å². The molecule has 0 bridgehead atoms. The average molecular weight is 199 g/mol. The molecule has 0 amide bonds. The van der Waals surface area contributed by atoms with Crippen molar-refractivity contribution in [2.45, 2.75) is 39.0 Å². The minimum Gasteiger partial charge on any atom is -0.481 e. The highest BCUT2D eigenvalue weighted by atomic mass is 16.4. The maximum absolute atomic E-state index is 10.6. The van der Waals surface area contributed by atoms with Crippen molar-refractivity contribution in [2.24, 2.45) is 23.5 Å². The van der Waals surface area contributed by atoms with Crippen LogP contribution >= 0.6 is 0 Å². The topological polar surface area (TPSA) is 63.3 Å². The Balaban J connectivity index is 2.40. The number of aliphatic carboxylic acids is 1. The van der Waals surface area contributed by atoms with E-state index < -0.39 is 5.97 Å². The monoisotopic (exact) mass is 199 g/mol. The molecule has 0 aromatic heterocycles. The van der Waals surface area contributed by atoms with Crippen molar-refractivity contribution in [1.82, 2.24) is 0 Å². The fourth-order valence-electron chi connectivity index (χ4n) is 2.42. The van der Waals surface area contributed by atoms with Crippen molar-refractivity contribution in [3.8, 4) is 0 Å². The SMILES string of the molecule is CC1CCC([C@@H](CN)CC(=O)O)CC1. The van der Waals surface area contributed by atoms with E-state index in [9.17, 15) is 4.79 Å². The lowest BCUT2D eigenvalue weighted by Crippen LogP contribution is -2.28. The quantitative estimate of drug-likeness (QED) is 0.726. The third kappa shape index (κ3) is 3.29. The molecule has 1 saturated carbocycles.